The van der Waals surface area contributed by atoms with Gasteiger partial charge in [-0.2, -0.15) is 0 Å². The third-order valence-corrected chi connectivity index (χ3v) is 5.43. The van der Waals surface area contributed by atoms with E-state index < -0.39 is 0 Å². The monoisotopic (exact) mass is 417 g/mol. The van der Waals surface area contributed by atoms with Gasteiger partial charge in [-0.25, -0.2) is 0 Å². The first-order valence-electron chi connectivity index (χ1n) is 10.7. The van der Waals surface area contributed by atoms with E-state index in [0.29, 0.717) is 11.3 Å². The van der Waals surface area contributed by atoms with E-state index in [1.807, 2.05) is 56.3 Å². The van der Waals surface area contributed by atoms with Gasteiger partial charge in [0.15, 0.2) is 5.82 Å². The molecule has 0 bridgehead atoms. The number of carbonyl (C=O) groups is 2. The summed E-state index contributed by atoms with van der Waals surface area (Å²) >= 11 is 0. The first-order chi connectivity index (χ1) is 15.0. The number of hydrogen-bond donors (Lipinski definition) is 2. The van der Waals surface area contributed by atoms with Crippen molar-refractivity contribution in [3.63, 3.8) is 0 Å². The van der Waals surface area contributed by atoms with Crippen molar-refractivity contribution in [1.29, 1.82) is 0 Å². The second-order valence-corrected chi connectivity index (χ2v) is 8.09. The van der Waals surface area contributed by atoms with Crippen molar-refractivity contribution in [2.45, 2.75) is 46.1 Å². The number of anilines is 1. The first kappa shape index (κ1) is 20.8. The van der Waals surface area contributed by atoms with E-state index in [1.165, 1.54) is 6.42 Å². The summed E-state index contributed by atoms with van der Waals surface area (Å²) in [5.41, 5.74) is 4.23. The van der Waals surface area contributed by atoms with Crippen LogP contribution in [-0.4, -0.2) is 33.1 Å². The molecule has 0 spiro atoms. The Morgan fingerprint density at radius 1 is 0.968 bits per heavy atom. The summed E-state index contributed by atoms with van der Waals surface area (Å²) in [5, 5.41) is 14.2. The van der Waals surface area contributed by atoms with Crippen LogP contribution in [0.4, 0.5) is 5.69 Å². The summed E-state index contributed by atoms with van der Waals surface area (Å²) in [6.45, 7) is 4.73. The van der Waals surface area contributed by atoms with Crippen molar-refractivity contribution in [3.8, 4) is 11.4 Å². The molecule has 0 fully saturated rings. The highest BCUT2D eigenvalue weighted by atomic mass is 16.2. The van der Waals surface area contributed by atoms with E-state index in [0.717, 1.165) is 54.1 Å². The average Bonchev–Trinajstić information content (AvgIpc) is 3.00. The second kappa shape index (κ2) is 9.12. The summed E-state index contributed by atoms with van der Waals surface area (Å²) in [6, 6.07) is 13.2. The number of nitrogens with zero attached hydrogens (tertiary/aromatic N) is 3. The molecule has 0 unspecified atom stereocenters. The van der Waals surface area contributed by atoms with Gasteiger partial charge >= 0.3 is 0 Å². The lowest BCUT2D eigenvalue weighted by Gasteiger charge is -2.10. The molecule has 2 amide bonds. The van der Waals surface area contributed by atoms with Crippen LogP contribution in [0, 0.1) is 13.8 Å². The van der Waals surface area contributed by atoms with E-state index >= 15 is 0 Å². The van der Waals surface area contributed by atoms with E-state index in [9.17, 15) is 9.59 Å². The number of nitrogens with one attached hydrogen (secondary N) is 2. The highest BCUT2D eigenvalue weighted by molar-refractivity contribution is 5.99. The number of hydrogen-bond acceptors (Lipinski definition) is 4. The standard InChI is InChI=1S/C24H27N5O2/c1-16-12-17(2)14-19(13-16)24(31)25-15-22(30)26-20-9-7-18(8-10-20)23-28-27-21-6-4-3-5-11-29(21)23/h7-10,12-14H,3-6,11,15H2,1-2H3,(H,25,31)(H,26,30). The van der Waals surface area contributed by atoms with E-state index in [-0.39, 0.29) is 18.4 Å². The van der Waals surface area contributed by atoms with Gasteiger partial charge in [0.2, 0.25) is 5.91 Å². The van der Waals surface area contributed by atoms with E-state index in [2.05, 4.69) is 25.4 Å². The Labute approximate surface area is 181 Å². The Kier molecular flexibility index (Phi) is 6.11. The molecule has 0 saturated heterocycles. The molecular formula is C24H27N5O2. The fourth-order valence-corrected chi connectivity index (χ4v) is 3.97. The van der Waals surface area contributed by atoms with E-state index in [1.54, 1.807) is 0 Å². The highest BCUT2D eigenvalue weighted by Gasteiger charge is 2.16. The van der Waals surface area contributed by atoms with Crippen molar-refractivity contribution in [2.24, 2.45) is 0 Å². The molecule has 7 heteroatoms. The molecule has 2 N–H and O–H groups in total. The molecule has 31 heavy (non-hydrogen) atoms. The maximum absolute atomic E-state index is 12.3. The molecule has 4 rings (SSSR count). The highest BCUT2D eigenvalue weighted by Crippen LogP contribution is 2.24. The average molecular weight is 418 g/mol. The van der Waals surface area contributed by atoms with Crippen LogP contribution in [0.15, 0.2) is 42.5 Å². The van der Waals surface area contributed by atoms with Crippen LogP contribution in [0.25, 0.3) is 11.4 Å². The van der Waals surface area contributed by atoms with Gasteiger partial charge in [0.1, 0.15) is 5.82 Å². The molecular weight excluding hydrogens is 390 g/mol. The topological polar surface area (TPSA) is 88.9 Å². The smallest absolute Gasteiger partial charge is 0.251 e. The van der Waals surface area contributed by atoms with Gasteiger partial charge in [-0.1, -0.05) is 23.6 Å². The molecule has 0 atom stereocenters. The largest absolute Gasteiger partial charge is 0.343 e. The van der Waals surface area contributed by atoms with Gasteiger partial charge in [-0.3, -0.25) is 9.59 Å². The number of rotatable bonds is 5. The molecule has 1 aromatic heterocycles. The Hall–Kier alpha value is -3.48. The molecule has 2 heterocycles. The third-order valence-electron chi connectivity index (χ3n) is 5.43. The summed E-state index contributed by atoms with van der Waals surface area (Å²) in [7, 11) is 0. The second-order valence-electron chi connectivity index (χ2n) is 8.09. The molecule has 1 aliphatic heterocycles. The van der Waals surface area contributed by atoms with Gasteiger partial charge in [-0.05, 0) is 63.1 Å². The summed E-state index contributed by atoms with van der Waals surface area (Å²) < 4.78 is 2.20. The number of aryl methyl sites for hydroxylation is 3. The zero-order valence-electron chi connectivity index (χ0n) is 17.9. The fourth-order valence-electron chi connectivity index (χ4n) is 3.97. The molecule has 0 radical (unpaired) electrons. The number of amides is 2. The molecule has 7 nitrogen and oxygen atoms in total. The number of benzene rings is 2. The molecule has 160 valence electrons. The van der Waals surface area contributed by atoms with Crippen LogP contribution in [-0.2, 0) is 17.8 Å². The molecule has 0 saturated carbocycles. The van der Waals surface area contributed by atoms with E-state index in [4.69, 9.17) is 0 Å². The Bertz CT molecular complexity index is 1080. The van der Waals surface area contributed by atoms with Crippen molar-refractivity contribution in [3.05, 3.63) is 65.0 Å². The van der Waals surface area contributed by atoms with Crippen molar-refractivity contribution in [1.82, 2.24) is 20.1 Å². The predicted molar refractivity (Wildman–Crippen MR) is 120 cm³/mol. The lowest BCUT2D eigenvalue weighted by molar-refractivity contribution is -0.115. The van der Waals surface area contributed by atoms with Crippen molar-refractivity contribution >= 4 is 17.5 Å². The minimum atomic E-state index is -0.276. The van der Waals surface area contributed by atoms with Crippen LogP contribution in [0.2, 0.25) is 0 Å². The third kappa shape index (κ3) is 4.99. The van der Waals surface area contributed by atoms with Crippen LogP contribution in [0.5, 0.6) is 0 Å². The maximum atomic E-state index is 12.3. The van der Waals surface area contributed by atoms with Crippen LogP contribution < -0.4 is 10.6 Å². The SMILES string of the molecule is Cc1cc(C)cc(C(=O)NCC(=O)Nc2ccc(-c3nnc4n3CCCCC4)cc2)c1. The normalized spacial score (nSPS) is 13.2. The summed E-state index contributed by atoms with van der Waals surface area (Å²) in [5.74, 6) is 1.38. The Morgan fingerprint density at radius 2 is 1.71 bits per heavy atom. The first-order valence-corrected chi connectivity index (χ1v) is 10.7. The summed E-state index contributed by atoms with van der Waals surface area (Å²) in [6.07, 6.45) is 4.48. The number of carbonyl (C=O) groups excluding carboxylic acids is 2. The molecule has 3 aromatic rings. The lowest BCUT2D eigenvalue weighted by atomic mass is 10.1. The Morgan fingerprint density at radius 3 is 2.45 bits per heavy atom. The van der Waals surface area contributed by atoms with Gasteiger partial charge in [-0.15, -0.1) is 10.2 Å². The minimum absolute atomic E-state index is 0.0920. The molecule has 1 aliphatic rings. The fraction of sp³-hybridized carbons (Fsp3) is 0.333. The maximum Gasteiger partial charge on any atom is 0.251 e. The predicted octanol–water partition coefficient (Wildman–Crippen LogP) is 3.66. The Balaban J connectivity index is 1.35. The minimum Gasteiger partial charge on any atom is -0.343 e. The van der Waals surface area contributed by atoms with Gasteiger partial charge in [0, 0.05) is 29.8 Å². The number of aromatic nitrogens is 3. The summed E-state index contributed by atoms with van der Waals surface area (Å²) in [4.78, 5) is 24.6. The van der Waals surface area contributed by atoms with Crippen molar-refractivity contribution in [2.75, 3.05) is 11.9 Å². The van der Waals surface area contributed by atoms with Gasteiger partial charge in [0.25, 0.3) is 5.91 Å². The van der Waals surface area contributed by atoms with Crippen LogP contribution >= 0.6 is 0 Å². The number of fused-ring (bicyclic) bond motifs is 1. The van der Waals surface area contributed by atoms with Gasteiger partial charge in [0.05, 0.1) is 6.54 Å². The van der Waals surface area contributed by atoms with Crippen molar-refractivity contribution < 1.29 is 9.59 Å². The van der Waals surface area contributed by atoms with Crippen LogP contribution in [0.3, 0.4) is 0 Å². The molecule has 0 aliphatic carbocycles. The quantitative estimate of drug-likeness (QED) is 0.663. The molecule has 2 aromatic carbocycles. The van der Waals surface area contributed by atoms with Gasteiger partial charge < -0.3 is 15.2 Å². The van der Waals surface area contributed by atoms with Crippen LogP contribution in [0.1, 0.15) is 46.6 Å². The lowest BCUT2D eigenvalue weighted by Crippen LogP contribution is -2.32. The zero-order valence-corrected chi connectivity index (χ0v) is 17.9. The zero-order chi connectivity index (χ0) is 21.8.